The van der Waals surface area contributed by atoms with E-state index in [0.717, 1.165) is 30.2 Å². The molecule has 0 unspecified atom stereocenters. The van der Waals surface area contributed by atoms with E-state index >= 15 is 0 Å². The predicted octanol–water partition coefficient (Wildman–Crippen LogP) is 0.638. The Balaban J connectivity index is 1.47. The molecule has 0 radical (unpaired) electrons. The van der Waals surface area contributed by atoms with Crippen molar-refractivity contribution in [2.45, 2.75) is 25.8 Å². The number of nitrogens with two attached hydrogens (primary N) is 1. The zero-order valence-corrected chi connectivity index (χ0v) is 15.2. The first-order valence-corrected chi connectivity index (χ1v) is 8.70. The van der Waals surface area contributed by atoms with E-state index in [2.05, 4.69) is 20.4 Å². The molecular formula is C17H25N7O2. The van der Waals surface area contributed by atoms with Crippen molar-refractivity contribution in [2.75, 3.05) is 44.4 Å². The number of anilines is 2. The number of hydrogen-bond donors (Lipinski definition) is 2. The number of carbonyl (C=O) groups excluding carboxylic acids is 1. The van der Waals surface area contributed by atoms with Crippen LogP contribution in [0.5, 0.6) is 0 Å². The molecule has 0 spiro atoms. The highest BCUT2D eigenvalue weighted by molar-refractivity contribution is 5.76. The lowest BCUT2D eigenvalue weighted by molar-refractivity contribution is -0.130. The predicted molar refractivity (Wildman–Crippen MR) is 97.7 cm³/mol. The summed E-state index contributed by atoms with van der Waals surface area (Å²) in [5.41, 5.74) is 7.62. The zero-order valence-electron chi connectivity index (χ0n) is 15.2. The third kappa shape index (κ3) is 4.48. The molecule has 0 bridgehead atoms. The van der Waals surface area contributed by atoms with Gasteiger partial charge in [0.25, 0.3) is 0 Å². The number of aromatic nitrogens is 4. The van der Waals surface area contributed by atoms with Crippen molar-refractivity contribution in [2.24, 2.45) is 0 Å². The van der Waals surface area contributed by atoms with Gasteiger partial charge < -0.3 is 20.7 Å². The van der Waals surface area contributed by atoms with E-state index in [0.29, 0.717) is 31.4 Å². The van der Waals surface area contributed by atoms with Crippen molar-refractivity contribution in [3.8, 4) is 0 Å². The minimum atomic E-state index is -0.0481. The second kappa shape index (κ2) is 8.13. The van der Waals surface area contributed by atoms with Crippen molar-refractivity contribution >= 4 is 17.5 Å². The molecule has 3 N–H and O–H groups in total. The van der Waals surface area contributed by atoms with Crippen LogP contribution in [0.2, 0.25) is 0 Å². The summed E-state index contributed by atoms with van der Waals surface area (Å²) in [5, 5.41) is 7.45. The Bertz CT molecular complexity index is 755. The fraction of sp³-hybridized carbons (Fsp3) is 0.529. The number of nitrogens with one attached hydrogen (secondary N) is 1. The van der Waals surface area contributed by atoms with Crippen LogP contribution in [-0.4, -0.2) is 63.9 Å². The molecule has 3 rings (SSSR count). The Morgan fingerprint density at radius 2 is 2.31 bits per heavy atom. The summed E-state index contributed by atoms with van der Waals surface area (Å²) in [7, 11) is 1.76. The highest BCUT2D eigenvalue weighted by Crippen LogP contribution is 2.24. The molecular weight excluding hydrogens is 334 g/mol. The lowest BCUT2D eigenvalue weighted by atomic mass is 10.1. The summed E-state index contributed by atoms with van der Waals surface area (Å²) < 4.78 is 6.92. The van der Waals surface area contributed by atoms with Crippen molar-refractivity contribution in [1.82, 2.24) is 24.6 Å². The van der Waals surface area contributed by atoms with Crippen LogP contribution in [0.25, 0.3) is 0 Å². The fourth-order valence-corrected chi connectivity index (χ4v) is 2.88. The Morgan fingerprint density at radius 1 is 1.46 bits per heavy atom. The van der Waals surface area contributed by atoms with Crippen molar-refractivity contribution in [3.63, 3.8) is 0 Å². The van der Waals surface area contributed by atoms with Crippen molar-refractivity contribution < 1.29 is 9.53 Å². The molecule has 1 fully saturated rings. The number of carbonyl (C=O) groups is 1. The Labute approximate surface area is 152 Å². The van der Waals surface area contributed by atoms with Crippen molar-refractivity contribution in [1.29, 1.82) is 0 Å². The van der Waals surface area contributed by atoms with Crippen LogP contribution in [-0.2, 0) is 16.1 Å². The van der Waals surface area contributed by atoms with Gasteiger partial charge in [0, 0.05) is 44.8 Å². The molecule has 26 heavy (non-hydrogen) atoms. The third-order valence-electron chi connectivity index (χ3n) is 4.43. The quantitative estimate of drug-likeness (QED) is 0.746. The average molecular weight is 359 g/mol. The SMILES string of the molecule is Cc1cc(N)n(CC(=O)N(C)CCNc2cc([C@H]3CCOC3)ncn2)n1. The second-order valence-corrected chi connectivity index (χ2v) is 6.50. The maximum atomic E-state index is 12.3. The Kier molecular flexibility index (Phi) is 5.67. The third-order valence-corrected chi connectivity index (χ3v) is 4.43. The zero-order chi connectivity index (χ0) is 18.5. The molecule has 2 aromatic heterocycles. The highest BCUT2D eigenvalue weighted by atomic mass is 16.5. The molecule has 1 amide bonds. The van der Waals surface area contributed by atoms with E-state index in [4.69, 9.17) is 10.5 Å². The number of likely N-dealkylation sites (N-methyl/N-ethyl adjacent to an activating group) is 1. The first-order chi connectivity index (χ1) is 12.5. The molecule has 1 aliphatic heterocycles. The Morgan fingerprint density at radius 3 is 3.00 bits per heavy atom. The number of ether oxygens (including phenoxy) is 1. The molecule has 1 atom stereocenters. The lowest BCUT2D eigenvalue weighted by Gasteiger charge is -2.18. The summed E-state index contributed by atoms with van der Waals surface area (Å²) in [6.45, 7) is 4.61. The maximum Gasteiger partial charge on any atom is 0.244 e. The summed E-state index contributed by atoms with van der Waals surface area (Å²) in [6.07, 6.45) is 2.55. The molecule has 0 saturated carbocycles. The lowest BCUT2D eigenvalue weighted by Crippen LogP contribution is -2.34. The van der Waals surface area contributed by atoms with E-state index in [1.165, 1.54) is 4.68 Å². The number of aryl methyl sites for hydroxylation is 1. The van der Waals surface area contributed by atoms with Crippen LogP contribution in [0.15, 0.2) is 18.5 Å². The summed E-state index contributed by atoms with van der Waals surface area (Å²) in [6, 6.07) is 3.70. The smallest absolute Gasteiger partial charge is 0.244 e. The molecule has 0 aliphatic carbocycles. The van der Waals surface area contributed by atoms with Gasteiger partial charge >= 0.3 is 0 Å². The van der Waals surface area contributed by atoms with Gasteiger partial charge in [0.05, 0.1) is 18.0 Å². The number of amides is 1. The molecule has 0 aromatic carbocycles. The van der Waals surface area contributed by atoms with E-state index in [1.807, 2.05) is 13.0 Å². The largest absolute Gasteiger partial charge is 0.384 e. The van der Waals surface area contributed by atoms with Crippen LogP contribution in [0.4, 0.5) is 11.6 Å². The van der Waals surface area contributed by atoms with Crippen LogP contribution >= 0.6 is 0 Å². The topological polar surface area (TPSA) is 111 Å². The van der Waals surface area contributed by atoms with E-state index in [-0.39, 0.29) is 12.5 Å². The first-order valence-electron chi connectivity index (χ1n) is 8.70. The van der Waals surface area contributed by atoms with Gasteiger partial charge in [-0.15, -0.1) is 0 Å². The van der Waals surface area contributed by atoms with Gasteiger partial charge in [0.15, 0.2) is 0 Å². The van der Waals surface area contributed by atoms with Crippen LogP contribution in [0, 0.1) is 6.92 Å². The van der Waals surface area contributed by atoms with Gasteiger partial charge in [-0.2, -0.15) is 5.10 Å². The monoisotopic (exact) mass is 359 g/mol. The van der Waals surface area contributed by atoms with Crippen LogP contribution < -0.4 is 11.1 Å². The van der Waals surface area contributed by atoms with Crippen molar-refractivity contribution in [3.05, 3.63) is 29.8 Å². The van der Waals surface area contributed by atoms with Gasteiger partial charge in [-0.3, -0.25) is 4.79 Å². The molecule has 9 nitrogen and oxygen atoms in total. The second-order valence-electron chi connectivity index (χ2n) is 6.50. The maximum absolute atomic E-state index is 12.3. The summed E-state index contributed by atoms with van der Waals surface area (Å²) in [4.78, 5) is 22.5. The molecule has 3 heterocycles. The van der Waals surface area contributed by atoms with Crippen LogP contribution in [0.3, 0.4) is 0 Å². The highest BCUT2D eigenvalue weighted by Gasteiger charge is 2.19. The van der Waals surface area contributed by atoms with Gasteiger partial charge in [-0.05, 0) is 13.3 Å². The van der Waals surface area contributed by atoms with Gasteiger partial charge in [-0.1, -0.05) is 0 Å². The van der Waals surface area contributed by atoms with E-state index in [1.54, 1.807) is 24.3 Å². The first kappa shape index (κ1) is 18.1. The molecule has 2 aromatic rings. The van der Waals surface area contributed by atoms with E-state index < -0.39 is 0 Å². The van der Waals surface area contributed by atoms with Gasteiger partial charge in [-0.25, -0.2) is 14.6 Å². The van der Waals surface area contributed by atoms with Crippen LogP contribution in [0.1, 0.15) is 23.7 Å². The fourth-order valence-electron chi connectivity index (χ4n) is 2.88. The standard InChI is InChI=1S/C17H25N7O2/c1-12-7-15(18)24(22-12)9-17(25)23(2)5-4-19-16-8-14(20-11-21-16)13-3-6-26-10-13/h7-8,11,13H,3-6,9-10,18H2,1-2H3,(H,19,20,21)/t13-/m0/s1. The average Bonchev–Trinajstić information content (AvgIpc) is 3.25. The molecule has 1 saturated heterocycles. The van der Waals surface area contributed by atoms with Gasteiger partial charge in [0.1, 0.15) is 24.5 Å². The summed E-state index contributed by atoms with van der Waals surface area (Å²) in [5.74, 6) is 1.54. The minimum Gasteiger partial charge on any atom is -0.384 e. The minimum absolute atomic E-state index is 0.0481. The number of rotatable bonds is 7. The molecule has 140 valence electrons. The number of hydrogen-bond acceptors (Lipinski definition) is 7. The summed E-state index contributed by atoms with van der Waals surface area (Å²) >= 11 is 0. The number of nitrogen functional groups attached to an aromatic ring is 1. The molecule has 1 aliphatic rings. The normalized spacial score (nSPS) is 16.6. The number of nitrogens with zero attached hydrogens (tertiary/aromatic N) is 5. The van der Waals surface area contributed by atoms with Gasteiger partial charge in [0.2, 0.25) is 5.91 Å². The Hall–Kier alpha value is -2.68. The molecule has 9 heteroatoms. The van der Waals surface area contributed by atoms with E-state index in [9.17, 15) is 4.79 Å².